The molecular formula is C25H28Cl2F3N3O3. The lowest BCUT2D eigenvalue weighted by atomic mass is 9.76. The maximum atomic E-state index is 13.7. The number of carbonyl (C=O) groups is 2. The molecule has 196 valence electrons. The molecule has 36 heavy (non-hydrogen) atoms. The number of alkyl halides is 2. The Bertz CT molecular complexity index is 1100. The van der Waals surface area contributed by atoms with Crippen molar-refractivity contribution in [3.05, 3.63) is 67.2 Å². The van der Waals surface area contributed by atoms with Crippen molar-refractivity contribution in [2.75, 3.05) is 13.1 Å². The Morgan fingerprint density at radius 1 is 1.19 bits per heavy atom. The van der Waals surface area contributed by atoms with Crippen LogP contribution in [0.3, 0.4) is 0 Å². The smallest absolute Gasteiger partial charge is 0.255 e. The van der Waals surface area contributed by atoms with E-state index in [1.165, 1.54) is 12.1 Å². The standard InChI is InChI=1S/C25H28Cl2F3N3O3/c1-13-7-17(20(33-36)6-5-14-8-18(26)25(30)19(27)9-14)15-3-2-4-16(15)24(13)21(12-34)31-11-23(35)32-10-22(28)29/h8-9,12-13,22,31,33,36H,2-7,10-11H2,1H3,(H,32,35)/b20-17-,24-21-. The second-order valence-corrected chi connectivity index (χ2v) is 9.67. The summed E-state index contributed by atoms with van der Waals surface area (Å²) in [6.07, 6.45) is 1.79. The lowest BCUT2D eigenvalue weighted by Gasteiger charge is -2.30. The van der Waals surface area contributed by atoms with E-state index in [9.17, 15) is 28.0 Å². The van der Waals surface area contributed by atoms with Gasteiger partial charge in [0.05, 0.1) is 28.8 Å². The topological polar surface area (TPSA) is 90.5 Å². The number of aldehydes is 1. The second kappa shape index (κ2) is 12.7. The third kappa shape index (κ3) is 6.63. The number of rotatable bonds is 10. The highest BCUT2D eigenvalue weighted by atomic mass is 35.5. The van der Waals surface area contributed by atoms with Crippen LogP contribution in [-0.2, 0) is 16.0 Å². The van der Waals surface area contributed by atoms with Crippen molar-refractivity contribution in [1.82, 2.24) is 16.1 Å². The zero-order valence-electron chi connectivity index (χ0n) is 19.7. The molecule has 0 heterocycles. The van der Waals surface area contributed by atoms with Gasteiger partial charge in [0, 0.05) is 5.70 Å². The highest BCUT2D eigenvalue weighted by molar-refractivity contribution is 6.35. The number of carbonyl (C=O) groups excluding carboxylic acids is 2. The molecule has 0 aromatic heterocycles. The molecule has 2 aliphatic rings. The SMILES string of the molecule is CC1C/C(=C(\CCc2cc(Cl)c(F)c(Cl)c2)NO)C2=C(CCC2)/C1=C(/C=O)NCC(=O)NCC(F)F. The fourth-order valence-electron chi connectivity index (χ4n) is 4.86. The zero-order valence-corrected chi connectivity index (χ0v) is 21.2. The summed E-state index contributed by atoms with van der Waals surface area (Å²) >= 11 is 11.8. The molecule has 0 radical (unpaired) electrons. The van der Waals surface area contributed by atoms with Gasteiger partial charge in [0.15, 0.2) is 12.1 Å². The number of hydrogen-bond acceptors (Lipinski definition) is 5. The molecule has 1 unspecified atom stereocenters. The van der Waals surface area contributed by atoms with Gasteiger partial charge in [-0.15, -0.1) is 0 Å². The molecule has 2 aliphatic carbocycles. The molecule has 1 atom stereocenters. The largest absolute Gasteiger partial charge is 0.373 e. The van der Waals surface area contributed by atoms with Crippen LogP contribution in [0, 0.1) is 11.7 Å². The first kappa shape index (κ1) is 28.1. The molecule has 1 amide bonds. The van der Waals surface area contributed by atoms with E-state index < -0.39 is 24.7 Å². The van der Waals surface area contributed by atoms with E-state index in [-0.39, 0.29) is 28.2 Å². The number of allylic oxidation sites excluding steroid dienone is 6. The van der Waals surface area contributed by atoms with Crippen molar-refractivity contribution < 1.29 is 28.0 Å². The number of benzene rings is 1. The average Bonchev–Trinajstić information content (AvgIpc) is 3.32. The van der Waals surface area contributed by atoms with E-state index in [2.05, 4.69) is 16.1 Å². The Hall–Kier alpha value is -2.49. The van der Waals surface area contributed by atoms with Gasteiger partial charge in [0.1, 0.15) is 0 Å². The van der Waals surface area contributed by atoms with Gasteiger partial charge in [-0.05, 0) is 84.4 Å². The maximum Gasteiger partial charge on any atom is 0.255 e. The Balaban J connectivity index is 1.86. The van der Waals surface area contributed by atoms with Crippen LogP contribution in [0.25, 0.3) is 0 Å². The summed E-state index contributed by atoms with van der Waals surface area (Å²) in [6.45, 7) is 0.906. The number of nitrogens with one attached hydrogen (secondary N) is 3. The zero-order chi connectivity index (χ0) is 26.4. The molecule has 6 nitrogen and oxygen atoms in total. The van der Waals surface area contributed by atoms with Crippen molar-refractivity contribution in [3.63, 3.8) is 0 Å². The summed E-state index contributed by atoms with van der Waals surface area (Å²) in [5.74, 6) is -1.41. The molecule has 11 heteroatoms. The molecule has 0 saturated carbocycles. The summed E-state index contributed by atoms with van der Waals surface area (Å²) in [4.78, 5) is 23.8. The van der Waals surface area contributed by atoms with Crippen LogP contribution in [0.1, 0.15) is 44.6 Å². The van der Waals surface area contributed by atoms with Crippen molar-refractivity contribution in [3.8, 4) is 0 Å². The third-order valence-corrected chi connectivity index (χ3v) is 6.97. The second-order valence-electron chi connectivity index (χ2n) is 8.85. The Kier molecular flexibility index (Phi) is 9.87. The van der Waals surface area contributed by atoms with Gasteiger partial charge < -0.3 is 10.6 Å². The predicted molar refractivity (Wildman–Crippen MR) is 131 cm³/mol. The van der Waals surface area contributed by atoms with E-state index in [1.54, 1.807) is 0 Å². The number of halogens is 5. The number of hydrogen-bond donors (Lipinski definition) is 4. The molecule has 0 spiro atoms. The Labute approximate surface area is 217 Å². The molecule has 0 fully saturated rings. The van der Waals surface area contributed by atoms with E-state index >= 15 is 0 Å². The minimum Gasteiger partial charge on any atom is -0.373 e. The minimum absolute atomic E-state index is 0.0673. The van der Waals surface area contributed by atoms with Gasteiger partial charge >= 0.3 is 0 Å². The fourth-order valence-corrected chi connectivity index (χ4v) is 5.39. The maximum absolute atomic E-state index is 13.7. The van der Waals surface area contributed by atoms with Crippen LogP contribution in [-0.4, -0.2) is 36.9 Å². The number of amides is 1. The van der Waals surface area contributed by atoms with E-state index in [0.29, 0.717) is 31.2 Å². The van der Waals surface area contributed by atoms with Crippen LogP contribution in [0.5, 0.6) is 0 Å². The van der Waals surface area contributed by atoms with Gasteiger partial charge in [0.25, 0.3) is 6.43 Å². The molecule has 4 N–H and O–H groups in total. The first-order valence-corrected chi connectivity index (χ1v) is 12.4. The lowest BCUT2D eigenvalue weighted by Crippen LogP contribution is -2.37. The summed E-state index contributed by atoms with van der Waals surface area (Å²) in [5.41, 5.74) is 7.73. The molecular weight excluding hydrogens is 518 g/mol. The van der Waals surface area contributed by atoms with E-state index in [1.807, 2.05) is 6.92 Å². The first-order chi connectivity index (χ1) is 17.2. The van der Waals surface area contributed by atoms with E-state index in [4.69, 9.17) is 23.2 Å². The number of hydroxylamine groups is 1. The molecule has 0 saturated heterocycles. The van der Waals surface area contributed by atoms with Crippen LogP contribution in [0.15, 0.2) is 45.8 Å². The van der Waals surface area contributed by atoms with Crippen molar-refractivity contribution in [1.29, 1.82) is 0 Å². The highest BCUT2D eigenvalue weighted by Gasteiger charge is 2.33. The van der Waals surface area contributed by atoms with Crippen molar-refractivity contribution in [2.24, 2.45) is 5.92 Å². The van der Waals surface area contributed by atoms with E-state index in [0.717, 1.165) is 47.1 Å². The number of aryl methyl sites for hydroxylation is 1. The van der Waals surface area contributed by atoms with Crippen molar-refractivity contribution >= 4 is 35.4 Å². The van der Waals surface area contributed by atoms with Crippen LogP contribution >= 0.6 is 23.2 Å². The Morgan fingerprint density at radius 2 is 1.86 bits per heavy atom. The molecule has 0 aliphatic heterocycles. The molecule has 1 aromatic rings. The van der Waals surface area contributed by atoms with Gasteiger partial charge in [-0.2, -0.15) is 0 Å². The van der Waals surface area contributed by atoms with Gasteiger partial charge in [-0.25, -0.2) is 13.2 Å². The lowest BCUT2D eigenvalue weighted by molar-refractivity contribution is -0.120. The molecule has 0 bridgehead atoms. The van der Waals surface area contributed by atoms with Gasteiger partial charge in [-0.3, -0.25) is 20.3 Å². The first-order valence-electron chi connectivity index (χ1n) is 11.6. The monoisotopic (exact) mass is 545 g/mol. The quantitative estimate of drug-likeness (QED) is 0.140. The molecule has 1 aromatic carbocycles. The molecule has 3 rings (SSSR count). The summed E-state index contributed by atoms with van der Waals surface area (Å²) in [7, 11) is 0. The fraction of sp³-hybridized carbons (Fsp3) is 0.440. The van der Waals surface area contributed by atoms with Crippen LogP contribution < -0.4 is 16.1 Å². The van der Waals surface area contributed by atoms with Crippen LogP contribution in [0.2, 0.25) is 10.0 Å². The predicted octanol–water partition coefficient (Wildman–Crippen LogP) is 5.24. The highest BCUT2D eigenvalue weighted by Crippen LogP contribution is 2.47. The van der Waals surface area contributed by atoms with Crippen LogP contribution in [0.4, 0.5) is 13.2 Å². The normalized spacial score (nSPS) is 20.3. The Morgan fingerprint density at radius 3 is 2.47 bits per heavy atom. The minimum atomic E-state index is -2.65. The van der Waals surface area contributed by atoms with Gasteiger partial charge in [0.2, 0.25) is 5.91 Å². The average molecular weight is 546 g/mol. The third-order valence-electron chi connectivity index (χ3n) is 6.42. The van der Waals surface area contributed by atoms with Crippen molar-refractivity contribution in [2.45, 2.75) is 51.9 Å². The summed E-state index contributed by atoms with van der Waals surface area (Å²) in [6, 6.07) is 3.01. The summed E-state index contributed by atoms with van der Waals surface area (Å²) in [5, 5.41) is 14.7. The van der Waals surface area contributed by atoms with Gasteiger partial charge in [-0.1, -0.05) is 30.1 Å². The summed E-state index contributed by atoms with van der Waals surface area (Å²) < 4.78 is 38.4.